The molecular weight excluding hydrogens is 418 g/mol. The first-order valence-electron chi connectivity index (χ1n) is 8.49. The first-order chi connectivity index (χ1) is 13.8. The summed E-state index contributed by atoms with van der Waals surface area (Å²) in [6.07, 6.45) is -10.1. The lowest BCUT2D eigenvalue weighted by atomic mass is 9.77. The fourth-order valence-electron chi connectivity index (χ4n) is 3.28. The molecule has 0 saturated carbocycles. The van der Waals surface area contributed by atoms with Crippen LogP contribution in [0.15, 0.2) is 54.6 Å². The summed E-state index contributed by atoms with van der Waals surface area (Å²) in [5.41, 5.74) is -5.41. The molecule has 0 radical (unpaired) electrons. The average Bonchev–Trinajstić information content (AvgIpc) is 2.66. The van der Waals surface area contributed by atoms with Gasteiger partial charge in [-0.3, -0.25) is 4.79 Å². The number of Topliss-reactive ketones (excluding diaryl/α,β-unsaturated/α-hetero) is 1. The molecule has 0 aromatic heterocycles. The summed E-state index contributed by atoms with van der Waals surface area (Å²) in [6, 6.07) is 6.48. The van der Waals surface area contributed by atoms with Gasteiger partial charge in [0, 0.05) is 5.56 Å². The zero-order valence-electron chi connectivity index (χ0n) is 14.9. The van der Waals surface area contributed by atoms with Crippen LogP contribution >= 0.6 is 0 Å². The fraction of sp³-hybridized carbons (Fsp3) is 0.263. The van der Waals surface area contributed by atoms with Crippen molar-refractivity contribution < 1.29 is 41.0 Å². The molecule has 0 spiro atoms. The van der Waals surface area contributed by atoms with E-state index in [0.717, 1.165) is 12.1 Å². The topological polar surface area (TPSA) is 78.4 Å². The number of carbonyl (C=O) groups excluding carboxylic acids is 2. The molecule has 3 N–H and O–H groups in total. The summed E-state index contributed by atoms with van der Waals surface area (Å²) in [6.45, 7) is 0. The summed E-state index contributed by atoms with van der Waals surface area (Å²) >= 11 is 0. The molecule has 1 aliphatic heterocycles. The van der Waals surface area contributed by atoms with Gasteiger partial charge in [-0.2, -0.15) is 26.3 Å². The molecule has 0 aliphatic carbocycles. The summed E-state index contributed by atoms with van der Waals surface area (Å²) in [7, 11) is 0. The Labute approximate surface area is 165 Å². The Bertz CT molecular complexity index is 943. The van der Waals surface area contributed by atoms with Crippen molar-refractivity contribution >= 4 is 11.8 Å². The van der Waals surface area contributed by atoms with Gasteiger partial charge >= 0.3 is 18.4 Å². The molecule has 0 bridgehead atoms. The molecule has 1 heterocycles. The molecule has 160 valence electrons. The second-order valence-corrected chi connectivity index (χ2v) is 6.67. The van der Waals surface area contributed by atoms with Crippen LogP contribution < -0.4 is 10.6 Å². The molecule has 1 fully saturated rings. The van der Waals surface area contributed by atoms with Crippen molar-refractivity contribution in [3.05, 3.63) is 71.3 Å². The van der Waals surface area contributed by atoms with Crippen LogP contribution in [0.2, 0.25) is 0 Å². The number of hydrogen-bond donors (Lipinski definition) is 3. The van der Waals surface area contributed by atoms with E-state index in [2.05, 4.69) is 5.32 Å². The smallest absolute Gasteiger partial charge is 0.363 e. The summed E-state index contributed by atoms with van der Waals surface area (Å²) in [5, 5.41) is 13.8. The van der Waals surface area contributed by atoms with E-state index in [0.29, 0.717) is 12.1 Å². The van der Waals surface area contributed by atoms with Gasteiger partial charge in [-0.15, -0.1) is 0 Å². The summed E-state index contributed by atoms with van der Waals surface area (Å²) in [5.74, 6) is -3.47. The Hall–Kier alpha value is -3.08. The lowest BCUT2D eigenvalue weighted by Gasteiger charge is -2.45. The minimum absolute atomic E-state index is 0.181. The first-order valence-corrected chi connectivity index (χ1v) is 8.49. The van der Waals surface area contributed by atoms with Gasteiger partial charge in [-0.05, 0) is 17.7 Å². The Morgan fingerprint density at radius 3 is 2.00 bits per heavy atom. The Balaban J connectivity index is 2.13. The highest BCUT2D eigenvalue weighted by Crippen LogP contribution is 2.44. The van der Waals surface area contributed by atoms with Crippen molar-refractivity contribution in [2.75, 3.05) is 0 Å². The highest BCUT2D eigenvalue weighted by molar-refractivity contribution is 6.00. The van der Waals surface area contributed by atoms with Crippen LogP contribution in [-0.4, -0.2) is 28.8 Å². The number of alkyl halides is 6. The van der Waals surface area contributed by atoms with E-state index >= 15 is 0 Å². The third-order valence-corrected chi connectivity index (χ3v) is 4.74. The lowest BCUT2D eigenvalue weighted by molar-refractivity contribution is -0.287. The van der Waals surface area contributed by atoms with E-state index in [4.69, 9.17) is 0 Å². The number of halogens is 6. The highest BCUT2D eigenvalue weighted by Gasteiger charge is 2.66. The van der Waals surface area contributed by atoms with Crippen molar-refractivity contribution in [1.82, 2.24) is 10.6 Å². The second-order valence-electron chi connectivity index (χ2n) is 6.67. The minimum Gasteiger partial charge on any atom is -0.363 e. The number of ketones is 1. The molecule has 11 heteroatoms. The number of rotatable bonds is 3. The normalized spacial score (nSPS) is 24.7. The van der Waals surface area contributed by atoms with Gasteiger partial charge in [-0.1, -0.05) is 42.5 Å². The van der Waals surface area contributed by atoms with Gasteiger partial charge in [0.1, 0.15) is 5.92 Å². The minimum atomic E-state index is -5.45. The Morgan fingerprint density at radius 1 is 0.933 bits per heavy atom. The third kappa shape index (κ3) is 3.84. The molecule has 2 amide bonds. The fourth-order valence-corrected chi connectivity index (χ4v) is 3.28. The van der Waals surface area contributed by atoms with Gasteiger partial charge in [0.15, 0.2) is 5.78 Å². The molecule has 2 aromatic rings. The van der Waals surface area contributed by atoms with Crippen LogP contribution in [0, 0.1) is 5.92 Å². The number of aliphatic hydroxyl groups is 1. The molecule has 3 rings (SSSR count). The molecule has 30 heavy (non-hydrogen) atoms. The number of carbonyl (C=O) groups is 2. The zero-order chi connectivity index (χ0) is 22.3. The summed E-state index contributed by atoms with van der Waals surface area (Å²) in [4.78, 5) is 24.8. The van der Waals surface area contributed by atoms with E-state index in [1.807, 2.05) is 0 Å². The number of urea groups is 1. The van der Waals surface area contributed by atoms with Gasteiger partial charge < -0.3 is 15.7 Å². The van der Waals surface area contributed by atoms with Gasteiger partial charge in [-0.25, -0.2) is 4.79 Å². The van der Waals surface area contributed by atoms with E-state index in [1.165, 1.54) is 35.6 Å². The maximum atomic E-state index is 13.7. The molecule has 3 atom stereocenters. The third-order valence-electron chi connectivity index (χ3n) is 4.74. The SMILES string of the molecule is O=C1N[C@@H](c2ccc(C(F)(F)F)cc2)[C@@H](C(=O)c2ccccc2)[C@](O)(C(F)(F)F)N1. The quantitative estimate of drug-likeness (QED) is 0.510. The Kier molecular flexibility index (Phi) is 5.27. The van der Waals surface area contributed by atoms with Crippen LogP contribution in [0.3, 0.4) is 0 Å². The predicted octanol–water partition coefficient (Wildman–Crippen LogP) is 3.81. The van der Waals surface area contributed by atoms with Crippen LogP contribution in [0.4, 0.5) is 31.1 Å². The molecule has 1 saturated heterocycles. The standard InChI is InChI=1S/C19H14F6N2O3/c20-18(21,22)12-8-6-10(7-9-12)14-13(15(28)11-4-2-1-3-5-11)17(30,19(23,24)25)27-16(29)26-14/h1-9,13-14,30H,(H2,26,27,29)/t13-,14-,17-/m0/s1. The number of benzene rings is 2. The van der Waals surface area contributed by atoms with Crippen LogP contribution in [0.25, 0.3) is 0 Å². The van der Waals surface area contributed by atoms with Gasteiger partial charge in [0.2, 0.25) is 5.72 Å². The maximum Gasteiger partial charge on any atom is 0.437 e. The Morgan fingerprint density at radius 2 is 1.50 bits per heavy atom. The highest BCUT2D eigenvalue weighted by atomic mass is 19.4. The largest absolute Gasteiger partial charge is 0.437 e. The van der Waals surface area contributed by atoms with E-state index in [1.54, 1.807) is 0 Å². The number of amides is 2. The van der Waals surface area contributed by atoms with Crippen molar-refractivity contribution in [1.29, 1.82) is 0 Å². The van der Waals surface area contributed by atoms with E-state index in [9.17, 15) is 41.0 Å². The van der Waals surface area contributed by atoms with E-state index < -0.39 is 47.4 Å². The van der Waals surface area contributed by atoms with Crippen LogP contribution in [0.5, 0.6) is 0 Å². The van der Waals surface area contributed by atoms with Gasteiger partial charge in [0.05, 0.1) is 11.6 Å². The van der Waals surface area contributed by atoms with Crippen molar-refractivity contribution in [3.63, 3.8) is 0 Å². The van der Waals surface area contributed by atoms with Crippen molar-refractivity contribution in [3.8, 4) is 0 Å². The summed E-state index contributed by atoms with van der Waals surface area (Å²) < 4.78 is 79.6. The molecule has 0 unspecified atom stereocenters. The van der Waals surface area contributed by atoms with Crippen molar-refractivity contribution in [2.24, 2.45) is 5.92 Å². The molecule has 2 aromatic carbocycles. The monoisotopic (exact) mass is 432 g/mol. The zero-order valence-corrected chi connectivity index (χ0v) is 14.9. The molecule has 5 nitrogen and oxygen atoms in total. The van der Waals surface area contributed by atoms with Gasteiger partial charge in [0.25, 0.3) is 0 Å². The lowest BCUT2D eigenvalue weighted by Crippen LogP contribution is -2.72. The van der Waals surface area contributed by atoms with Crippen LogP contribution in [-0.2, 0) is 6.18 Å². The predicted molar refractivity (Wildman–Crippen MR) is 91.1 cm³/mol. The first kappa shape index (κ1) is 21.6. The molecular formula is C19H14F6N2O3. The van der Waals surface area contributed by atoms with E-state index in [-0.39, 0.29) is 11.1 Å². The number of nitrogens with one attached hydrogen (secondary N) is 2. The average molecular weight is 432 g/mol. The maximum absolute atomic E-state index is 13.7. The second kappa shape index (κ2) is 7.31. The van der Waals surface area contributed by atoms with Crippen LogP contribution in [0.1, 0.15) is 27.5 Å². The molecule has 1 aliphatic rings. The van der Waals surface area contributed by atoms with Crippen molar-refractivity contribution in [2.45, 2.75) is 24.1 Å². The number of hydrogen-bond acceptors (Lipinski definition) is 3.